The third-order valence-electron chi connectivity index (χ3n) is 3.62. The number of hydrogen-bond acceptors (Lipinski definition) is 8. The van der Waals surface area contributed by atoms with E-state index >= 15 is 0 Å². The van der Waals surface area contributed by atoms with Crippen LogP contribution in [0.1, 0.15) is 6.23 Å². The Kier molecular flexibility index (Phi) is 4.32. The molecule has 0 amide bonds. The van der Waals surface area contributed by atoms with Gasteiger partial charge in [-0.2, -0.15) is 4.98 Å². The summed E-state index contributed by atoms with van der Waals surface area (Å²) in [5, 5.41) is 29.2. The van der Waals surface area contributed by atoms with E-state index in [1.54, 1.807) is 19.0 Å². The standard InChI is InChI=1S/C13H18N6O5/c1-18(2)4-15-13-16-10-7(11(23)17-13)14-5-19(10)12-9(22)8(21)6(3-20)24-12/h4-6,8-9,12,20-22H,3H2,1-2H3,(H,16,17,23). The Morgan fingerprint density at radius 1 is 1.46 bits per heavy atom. The molecule has 4 unspecified atom stereocenters. The molecule has 2 aromatic rings. The van der Waals surface area contributed by atoms with Crippen molar-refractivity contribution in [2.75, 3.05) is 20.7 Å². The highest BCUT2D eigenvalue weighted by Gasteiger charge is 2.44. The lowest BCUT2D eigenvalue weighted by molar-refractivity contribution is -0.0511. The summed E-state index contributed by atoms with van der Waals surface area (Å²) in [5.74, 6) is 0.0645. The topological polar surface area (TPSA) is 149 Å². The predicted molar refractivity (Wildman–Crippen MR) is 83.0 cm³/mol. The highest BCUT2D eigenvalue weighted by molar-refractivity contribution is 5.71. The average Bonchev–Trinajstić information content (AvgIpc) is 3.08. The molecule has 0 radical (unpaired) electrons. The summed E-state index contributed by atoms with van der Waals surface area (Å²) in [7, 11) is 3.53. The van der Waals surface area contributed by atoms with Crippen LogP contribution in [-0.4, -0.2) is 85.1 Å². The summed E-state index contributed by atoms with van der Waals surface area (Å²) < 4.78 is 6.78. The first-order chi connectivity index (χ1) is 11.4. The Morgan fingerprint density at radius 3 is 2.83 bits per heavy atom. The van der Waals surface area contributed by atoms with E-state index in [-0.39, 0.29) is 17.1 Å². The quantitative estimate of drug-likeness (QED) is 0.368. The summed E-state index contributed by atoms with van der Waals surface area (Å²) in [4.78, 5) is 28.5. The van der Waals surface area contributed by atoms with Crippen molar-refractivity contribution in [1.82, 2.24) is 24.4 Å². The van der Waals surface area contributed by atoms with Gasteiger partial charge in [0.05, 0.1) is 19.3 Å². The Hall–Kier alpha value is -2.34. The van der Waals surface area contributed by atoms with Gasteiger partial charge in [0.1, 0.15) is 18.3 Å². The first-order valence-corrected chi connectivity index (χ1v) is 7.22. The molecule has 0 aromatic carbocycles. The second-order valence-corrected chi connectivity index (χ2v) is 5.65. The summed E-state index contributed by atoms with van der Waals surface area (Å²) in [5.41, 5.74) is -0.285. The van der Waals surface area contributed by atoms with Gasteiger partial charge < -0.3 is 25.0 Å². The molecule has 1 aliphatic rings. The maximum atomic E-state index is 12.1. The van der Waals surface area contributed by atoms with Crippen LogP contribution in [0.4, 0.5) is 5.95 Å². The summed E-state index contributed by atoms with van der Waals surface area (Å²) in [6.07, 6.45) is -1.76. The fourth-order valence-corrected chi connectivity index (χ4v) is 2.44. The lowest BCUT2D eigenvalue weighted by atomic mass is 10.1. The van der Waals surface area contributed by atoms with Crippen LogP contribution in [-0.2, 0) is 4.74 Å². The molecule has 0 aliphatic carbocycles. The fourth-order valence-electron chi connectivity index (χ4n) is 2.44. The van der Waals surface area contributed by atoms with Crippen LogP contribution in [0.2, 0.25) is 0 Å². The lowest BCUT2D eigenvalue weighted by Gasteiger charge is -2.16. The molecule has 130 valence electrons. The van der Waals surface area contributed by atoms with Gasteiger partial charge in [0.15, 0.2) is 17.4 Å². The van der Waals surface area contributed by atoms with Crippen LogP contribution in [0.3, 0.4) is 0 Å². The SMILES string of the molecule is CN(C)C=Nc1nc2c(ncn2C2OC(CO)C(O)C2O)c(=O)[nH]1. The monoisotopic (exact) mass is 338 g/mol. The van der Waals surface area contributed by atoms with Gasteiger partial charge in [-0.25, -0.2) is 9.98 Å². The predicted octanol–water partition coefficient (Wildman–Crippen LogP) is -2.05. The van der Waals surface area contributed by atoms with Crippen LogP contribution in [0.25, 0.3) is 11.2 Å². The number of imidazole rings is 1. The molecule has 3 heterocycles. The zero-order valence-electron chi connectivity index (χ0n) is 13.1. The minimum atomic E-state index is -1.30. The molecular formula is C13H18N6O5. The van der Waals surface area contributed by atoms with E-state index in [0.29, 0.717) is 0 Å². The zero-order chi connectivity index (χ0) is 17.4. The average molecular weight is 338 g/mol. The number of rotatable bonds is 4. The van der Waals surface area contributed by atoms with Crippen molar-refractivity contribution in [3.63, 3.8) is 0 Å². The van der Waals surface area contributed by atoms with Crippen LogP contribution >= 0.6 is 0 Å². The number of hydrogen-bond donors (Lipinski definition) is 4. The Morgan fingerprint density at radius 2 is 2.21 bits per heavy atom. The molecule has 0 spiro atoms. The van der Waals surface area contributed by atoms with Crippen molar-refractivity contribution in [1.29, 1.82) is 0 Å². The number of nitrogens with one attached hydrogen (secondary N) is 1. The first-order valence-electron chi connectivity index (χ1n) is 7.22. The van der Waals surface area contributed by atoms with Gasteiger partial charge >= 0.3 is 0 Å². The number of aromatic amines is 1. The maximum absolute atomic E-state index is 12.1. The van der Waals surface area contributed by atoms with Crippen molar-refractivity contribution in [3.05, 3.63) is 16.7 Å². The largest absolute Gasteiger partial charge is 0.394 e. The highest BCUT2D eigenvalue weighted by atomic mass is 16.6. The second-order valence-electron chi connectivity index (χ2n) is 5.65. The Labute approximate surface area is 135 Å². The third-order valence-corrected chi connectivity index (χ3v) is 3.62. The van der Waals surface area contributed by atoms with E-state index in [1.807, 2.05) is 0 Å². The van der Waals surface area contributed by atoms with Crippen molar-refractivity contribution in [3.8, 4) is 0 Å². The highest BCUT2D eigenvalue weighted by Crippen LogP contribution is 2.30. The molecule has 4 N–H and O–H groups in total. The molecule has 11 nitrogen and oxygen atoms in total. The summed E-state index contributed by atoms with van der Waals surface area (Å²) in [6, 6.07) is 0. The van der Waals surface area contributed by atoms with E-state index in [9.17, 15) is 20.1 Å². The molecule has 3 rings (SSSR count). The number of aliphatic hydroxyl groups is 3. The van der Waals surface area contributed by atoms with Gasteiger partial charge in [-0.1, -0.05) is 0 Å². The van der Waals surface area contributed by atoms with E-state index in [0.717, 1.165) is 0 Å². The van der Waals surface area contributed by atoms with Crippen molar-refractivity contribution in [2.24, 2.45) is 4.99 Å². The molecule has 1 saturated heterocycles. The van der Waals surface area contributed by atoms with Crippen molar-refractivity contribution in [2.45, 2.75) is 24.5 Å². The van der Waals surface area contributed by atoms with E-state index in [4.69, 9.17) is 4.74 Å². The first kappa shape index (κ1) is 16.5. The van der Waals surface area contributed by atoms with Gasteiger partial charge in [0.25, 0.3) is 5.56 Å². The zero-order valence-corrected chi connectivity index (χ0v) is 13.1. The van der Waals surface area contributed by atoms with Gasteiger partial charge in [0, 0.05) is 14.1 Å². The molecule has 2 aromatic heterocycles. The Bertz CT molecular complexity index is 815. The number of ether oxygens (including phenoxy) is 1. The van der Waals surface area contributed by atoms with E-state index in [2.05, 4.69) is 19.9 Å². The number of aliphatic hydroxyl groups excluding tert-OH is 3. The van der Waals surface area contributed by atoms with Crippen LogP contribution in [0, 0.1) is 0 Å². The number of fused-ring (bicyclic) bond motifs is 1. The Balaban J connectivity index is 2.05. The minimum Gasteiger partial charge on any atom is -0.394 e. The number of aliphatic imine (C=N–C) groups is 1. The van der Waals surface area contributed by atoms with Gasteiger partial charge in [-0.3, -0.25) is 14.3 Å². The number of H-pyrrole nitrogens is 1. The van der Waals surface area contributed by atoms with Crippen LogP contribution in [0.15, 0.2) is 16.1 Å². The third kappa shape index (κ3) is 2.78. The molecular weight excluding hydrogens is 320 g/mol. The van der Waals surface area contributed by atoms with Gasteiger partial charge in [-0.05, 0) is 0 Å². The van der Waals surface area contributed by atoms with Gasteiger partial charge in [-0.15, -0.1) is 0 Å². The smallest absolute Gasteiger partial charge is 0.280 e. The lowest BCUT2D eigenvalue weighted by Crippen LogP contribution is -2.33. The molecule has 4 atom stereocenters. The number of nitrogens with zero attached hydrogens (tertiary/aromatic N) is 5. The number of aromatic nitrogens is 4. The molecule has 11 heteroatoms. The molecule has 1 aliphatic heterocycles. The van der Waals surface area contributed by atoms with Gasteiger partial charge in [0.2, 0.25) is 5.95 Å². The molecule has 0 bridgehead atoms. The molecule has 0 saturated carbocycles. The maximum Gasteiger partial charge on any atom is 0.280 e. The van der Waals surface area contributed by atoms with E-state index < -0.39 is 36.7 Å². The summed E-state index contributed by atoms with van der Waals surface area (Å²) in [6.45, 7) is -0.451. The normalized spacial score (nSPS) is 27.4. The van der Waals surface area contributed by atoms with Crippen LogP contribution in [0.5, 0.6) is 0 Å². The second kappa shape index (κ2) is 6.28. The minimum absolute atomic E-state index is 0.0524. The fraction of sp³-hybridized carbons (Fsp3) is 0.538. The molecule has 1 fully saturated rings. The van der Waals surface area contributed by atoms with Crippen molar-refractivity contribution < 1.29 is 20.1 Å². The van der Waals surface area contributed by atoms with Crippen molar-refractivity contribution >= 4 is 23.5 Å². The molecule has 24 heavy (non-hydrogen) atoms. The van der Waals surface area contributed by atoms with Crippen LogP contribution < -0.4 is 5.56 Å². The van der Waals surface area contributed by atoms with E-state index in [1.165, 1.54) is 17.2 Å². The summed E-state index contributed by atoms with van der Waals surface area (Å²) >= 11 is 0.